The minimum atomic E-state index is -0.493. The van der Waals surface area contributed by atoms with Gasteiger partial charge in [0.2, 0.25) is 0 Å². The summed E-state index contributed by atoms with van der Waals surface area (Å²) in [4.78, 5) is 25.1. The number of aryl methyl sites for hydroxylation is 1. The number of methoxy groups -OCH3 is 1. The van der Waals surface area contributed by atoms with E-state index in [4.69, 9.17) is 32.7 Å². The van der Waals surface area contributed by atoms with Gasteiger partial charge in [-0.15, -0.1) is 0 Å². The lowest BCUT2D eigenvalue weighted by atomic mass is 10.1. The lowest BCUT2D eigenvalue weighted by Crippen LogP contribution is -2.21. The van der Waals surface area contributed by atoms with Crippen molar-refractivity contribution in [1.82, 2.24) is 4.57 Å². The van der Waals surface area contributed by atoms with Crippen molar-refractivity contribution >= 4 is 46.0 Å². The van der Waals surface area contributed by atoms with Gasteiger partial charge in [-0.1, -0.05) is 41.4 Å². The van der Waals surface area contributed by atoms with Crippen LogP contribution >= 0.6 is 23.2 Å². The van der Waals surface area contributed by atoms with Crippen molar-refractivity contribution in [3.63, 3.8) is 0 Å². The largest absolute Gasteiger partial charge is 0.482 e. The SMILES string of the molecule is COC(=O)c1c(C)n(C(=O)COc2c(C)cc(Cl)cc2Cl)c2ccccc12. The van der Waals surface area contributed by atoms with Crippen molar-refractivity contribution < 1.29 is 19.1 Å². The number of hydrogen-bond acceptors (Lipinski definition) is 4. The summed E-state index contributed by atoms with van der Waals surface area (Å²) in [7, 11) is 1.31. The van der Waals surface area contributed by atoms with Gasteiger partial charge >= 0.3 is 5.97 Å². The Kier molecular flexibility index (Phi) is 5.44. The van der Waals surface area contributed by atoms with Crippen molar-refractivity contribution in [3.05, 3.63) is 63.3 Å². The fourth-order valence-corrected chi connectivity index (χ4v) is 3.77. The van der Waals surface area contributed by atoms with Gasteiger partial charge in [0.1, 0.15) is 5.75 Å². The normalized spacial score (nSPS) is 10.9. The Bertz CT molecular complexity index is 1030. The van der Waals surface area contributed by atoms with Crippen molar-refractivity contribution in [2.45, 2.75) is 13.8 Å². The van der Waals surface area contributed by atoms with Gasteiger partial charge in [-0.2, -0.15) is 0 Å². The number of nitrogens with zero attached hydrogens (tertiary/aromatic N) is 1. The third-order valence-corrected chi connectivity index (χ3v) is 4.78. The Balaban J connectivity index is 1.98. The molecule has 0 aliphatic heterocycles. The number of halogens is 2. The van der Waals surface area contributed by atoms with Crippen molar-refractivity contribution in [1.29, 1.82) is 0 Å². The summed E-state index contributed by atoms with van der Waals surface area (Å²) in [5.74, 6) is -0.422. The molecule has 0 aliphatic rings. The highest BCUT2D eigenvalue weighted by molar-refractivity contribution is 6.35. The highest BCUT2D eigenvalue weighted by Gasteiger charge is 2.24. The number of esters is 1. The van der Waals surface area contributed by atoms with E-state index in [-0.39, 0.29) is 12.5 Å². The number of carbonyl (C=O) groups excluding carboxylic acids is 2. The minimum Gasteiger partial charge on any atom is -0.482 e. The van der Waals surface area contributed by atoms with Gasteiger partial charge in [0.25, 0.3) is 5.91 Å². The van der Waals surface area contributed by atoms with Crippen LogP contribution in [0.2, 0.25) is 10.0 Å². The van der Waals surface area contributed by atoms with E-state index >= 15 is 0 Å². The molecule has 7 heteroatoms. The van der Waals surface area contributed by atoms with Crippen LogP contribution in [0.1, 0.15) is 26.4 Å². The number of fused-ring (bicyclic) bond motifs is 1. The van der Waals surface area contributed by atoms with Crippen molar-refractivity contribution in [2.24, 2.45) is 0 Å². The molecule has 0 saturated heterocycles. The van der Waals surface area contributed by atoms with E-state index in [0.29, 0.717) is 38.0 Å². The quantitative estimate of drug-likeness (QED) is 0.568. The van der Waals surface area contributed by atoms with Crippen molar-refractivity contribution in [3.8, 4) is 5.75 Å². The fourth-order valence-electron chi connectivity index (χ4n) is 3.12. The van der Waals surface area contributed by atoms with Crippen LogP contribution < -0.4 is 4.74 Å². The predicted molar refractivity (Wildman–Crippen MR) is 105 cm³/mol. The molecule has 2 aromatic carbocycles. The zero-order valence-electron chi connectivity index (χ0n) is 15.0. The van der Waals surface area contributed by atoms with Crippen molar-refractivity contribution in [2.75, 3.05) is 13.7 Å². The molecule has 0 saturated carbocycles. The van der Waals surface area contributed by atoms with E-state index in [1.165, 1.54) is 11.7 Å². The average molecular weight is 406 g/mol. The molecule has 5 nitrogen and oxygen atoms in total. The Morgan fingerprint density at radius 2 is 1.81 bits per heavy atom. The average Bonchev–Trinajstić information content (AvgIpc) is 2.91. The molecule has 0 aliphatic carbocycles. The number of ether oxygens (including phenoxy) is 2. The van der Waals surface area contributed by atoms with Gasteiger partial charge in [0.05, 0.1) is 23.2 Å². The first kappa shape index (κ1) is 19.3. The van der Waals surface area contributed by atoms with Crippen LogP contribution in [0.4, 0.5) is 0 Å². The summed E-state index contributed by atoms with van der Waals surface area (Å²) in [6.07, 6.45) is 0. The summed E-state index contributed by atoms with van der Waals surface area (Å²) >= 11 is 12.1. The standard InChI is InChI=1S/C20H17Cl2NO4/c1-11-8-13(21)9-15(22)19(11)27-10-17(24)23-12(2)18(20(25)26-3)14-6-4-5-7-16(14)23/h4-9H,10H2,1-3H3. The van der Waals surface area contributed by atoms with Crippen LogP contribution in [-0.2, 0) is 4.74 Å². The molecular formula is C20H17Cl2NO4. The number of rotatable bonds is 4. The lowest BCUT2D eigenvalue weighted by Gasteiger charge is -2.12. The Morgan fingerprint density at radius 3 is 2.48 bits per heavy atom. The zero-order chi connectivity index (χ0) is 19.7. The summed E-state index contributed by atoms with van der Waals surface area (Å²) < 4.78 is 12.0. The van der Waals surface area contributed by atoms with E-state index in [1.807, 2.05) is 0 Å². The molecule has 0 atom stereocenters. The topological polar surface area (TPSA) is 57.5 Å². The van der Waals surface area contributed by atoms with E-state index in [2.05, 4.69) is 0 Å². The van der Waals surface area contributed by atoms with Gasteiger partial charge < -0.3 is 9.47 Å². The molecule has 1 aromatic heterocycles. The van der Waals surface area contributed by atoms with Crippen LogP contribution in [0, 0.1) is 13.8 Å². The molecular weight excluding hydrogens is 389 g/mol. The number of para-hydroxylation sites is 1. The third-order valence-electron chi connectivity index (χ3n) is 4.28. The number of benzene rings is 2. The molecule has 0 spiro atoms. The lowest BCUT2D eigenvalue weighted by molar-refractivity contribution is 0.0602. The minimum absolute atomic E-state index is 0.248. The maximum atomic E-state index is 12.9. The monoisotopic (exact) mass is 405 g/mol. The van der Waals surface area contributed by atoms with Crippen LogP contribution in [0.15, 0.2) is 36.4 Å². The molecule has 0 unspecified atom stereocenters. The van der Waals surface area contributed by atoms with Gasteiger partial charge in [-0.3, -0.25) is 9.36 Å². The summed E-state index contributed by atoms with van der Waals surface area (Å²) in [5.41, 5.74) is 2.20. The number of aromatic nitrogens is 1. The van der Waals surface area contributed by atoms with E-state index in [1.54, 1.807) is 50.2 Å². The smallest absolute Gasteiger partial charge is 0.340 e. The molecule has 140 valence electrons. The first-order chi connectivity index (χ1) is 12.8. The fraction of sp³-hybridized carbons (Fsp3) is 0.200. The van der Waals surface area contributed by atoms with Crippen LogP contribution in [0.25, 0.3) is 10.9 Å². The Morgan fingerprint density at radius 1 is 1.11 bits per heavy atom. The van der Waals surface area contributed by atoms with Gasteiger partial charge in [-0.05, 0) is 37.6 Å². The summed E-state index contributed by atoms with van der Waals surface area (Å²) in [6.45, 7) is 3.25. The molecule has 0 bridgehead atoms. The second kappa shape index (κ2) is 7.62. The molecule has 1 heterocycles. The first-order valence-electron chi connectivity index (χ1n) is 8.15. The van der Waals surface area contributed by atoms with Gasteiger partial charge in [-0.25, -0.2) is 4.79 Å². The molecule has 0 amide bonds. The van der Waals surface area contributed by atoms with Crippen LogP contribution in [0.5, 0.6) is 5.75 Å². The second-order valence-corrected chi connectivity index (χ2v) is 6.86. The maximum absolute atomic E-state index is 12.9. The Labute approximate surface area is 166 Å². The second-order valence-electron chi connectivity index (χ2n) is 6.02. The molecule has 0 radical (unpaired) electrons. The van der Waals surface area contributed by atoms with Crippen LogP contribution in [-0.4, -0.2) is 30.2 Å². The van der Waals surface area contributed by atoms with E-state index in [0.717, 1.165) is 5.56 Å². The highest BCUT2D eigenvalue weighted by Crippen LogP contribution is 2.32. The van der Waals surface area contributed by atoms with Crippen LogP contribution in [0.3, 0.4) is 0 Å². The van der Waals surface area contributed by atoms with E-state index < -0.39 is 5.97 Å². The van der Waals surface area contributed by atoms with Gasteiger partial charge in [0, 0.05) is 16.1 Å². The summed E-state index contributed by atoms with van der Waals surface area (Å²) in [6, 6.07) is 10.4. The maximum Gasteiger partial charge on any atom is 0.340 e. The molecule has 27 heavy (non-hydrogen) atoms. The van der Waals surface area contributed by atoms with E-state index in [9.17, 15) is 9.59 Å². The molecule has 3 rings (SSSR count). The third kappa shape index (κ3) is 3.53. The zero-order valence-corrected chi connectivity index (χ0v) is 16.5. The first-order valence-corrected chi connectivity index (χ1v) is 8.90. The highest BCUT2D eigenvalue weighted by atomic mass is 35.5. The Hall–Kier alpha value is -2.50. The van der Waals surface area contributed by atoms with Gasteiger partial charge in [0.15, 0.2) is 6.61 Å². The molecule has 0 fully saturated rings. The molecule has 0 N–H and O–H groups in total. The predicted octanol–water partition coefficient (Wildman–Crippen LogP) is 5.07. The summed E-state index contributed by atoms with van der Waals surface area (Å²) in [5, 5.41) is 1.47. The number of carbonyl (C=O) groups is 2. The number of hydrogen-bond donors (Lipinski definition) is 0. The molecule has 3 aromatic rings.